The van der Waals surface area contributed by atoms with Crippen molar-refractivity contribution in [1.29, 1.82) is 0 Å². The molecule has 3 heterocycles. The van der Waals surface area contributed by atoms with E-state index in [2.05, 4.69) is 30.7 Å². The van der Waals surface area contributed by atoms with E-state index >= 15 is 0 Å². The van der Waals surface area contributed by atoms with E-state index in [0.29, 0.717) is 29.6 Å². The van der Waals surface area contributed by atoms with Crippen molar-refractivity contribution in [2.45, 2.75) is 6.61 Å². The molecule has 0 fully saturated rings. The number of thiophene rings is 1. The number of hydrogen-bond donors (Lipinski definition) is 3. The maximum atomic E-state index is 12.5. The van der Waals surface area contributed by atoms with E-state index in [-0.39, 0.29) is 5.91 Å². The molecule has 4 rings (SSSR count). The predicted octanol–water partition coefficient (Wildman–Crippen LogP) is 3.32. The van der Waals surface area contributed by atoms with Gasteiger partial charge < -0.3 is 10.1 Å². The van der Waals surface area contributed by atoms with Crippen molar-refractivity contribution in [3.63, 3.8) is 0 Å². The second-order valence-corrected chi connectivity index (χ2v) is 6.67. The monoisotopic (exact) mass is 380 g/mol. The Morgan fingerprint density at radius 2 is 2.11 bits per heavy atom. The number of rotatable bonds is 6. The van der Waals surface area contributed by atoms with Crippen molar-refractivity contribution in [2.75, 3.05) is 12.4 Å². The van der Waals surface area contributed by atoms with Crippen LogP contribution in [0.3, 0.4) is 0 Å². The Bertz CT molecular complexity index is 1050. The van der Waals surface area contributed by atoms with Crippen LogP contribution in [0.4, 0.5) is 5.69 Å². The highest BCUT2D eigenvalue weighted by Crippen LogP contribution is 2.24. The summed E-state index contributed by atoms with van der Waals surface area (Å²) in [6.07, 6.45) is 0. The molecule has 0 saturated carbocycles. The number of benzene rings is 1. The molecule has 1 amide bonds. The number of carbonyl (C=O) groups excluding carboxylic acids is 1. The van der Waals surface area contributed by atoms with E-state index in [4.69, 9.17) is 4.74 Å². The molecule has 0 spiro atoms. The summed E-state index contributed by atoms with van der Waals surface area (Å²) in [6, 6.07) is 13.0. The molecule has 3 aromatic heterocycles. The van der Waals surface area contributed by atoms with Gasteiger partial charge in [0.25, 0.3) is 5.91 Å². The molecule has 3 N–H and O–H groups in total. The van der Waals surface area contributed by atoms with Gasteiger partial charge >= 0.3 is 0 Å². The highest BCUT2D eigenvalue weighted by atomic mass is 32.1. The average molecular weight is 380 g/mol. The van der Waals surface area contributed by atoms with Crippen LogP contribution in [0.1, 0.15) is 16.3 Å². The Balaban J connectivity index is 1.50. The zero-order valence-electron chi connectivity index (χ0n) is 14.4. The van der Waals surface area contributed by atoms with Gasteiger partial charge in [-0.05, 0) is 29.6 Å². The number of aromatic amines is 2. The summed E-state index contributed by atoms with van der Waals surface area (Å²) < 4.78 is 5.03. The molecule has 136 valence electrons. The minimum Gasteiger partial charge on any atom is -0.377 e. The van der Waals surface area contributed by atoms with Gasteiger partial charge in [-0.1, -0.05) is 18.2 Å². The van der Waals surface area contributed by atoms with E-state index in [9.17, 15) is 4.79 Å². The molecule has 8 nitrogen and oxygen atoms in total. The maximum absolute atomic E-state index is 12.5. The Kier molecular flexibility index (Phi) is 4.77. The number of H-pyrrole nitrogens is 2. The fraction of sp³-hybridized carbons (Fsp3) is 0.111. The normalized spacial score (nSPS) is 10.9. The first kappa shape index (κ1) is 17.1. The van der Waals surface area contributed by atoms with E-state index in [1.54, 1.807) is 30.6 Å². The van der Waals surface area contributed by atoms with Crippen LogP contribution < -0.4 is 5.32 Å². The van der Waals surface area contributed by atoms with Crippen LogP contribution in [0.2, 0.25) is 0 Å². The smallest absolute Gasteiger partial charge is 0.276 e. The van der Waals surface area contributed by atoms with Crippen molar-refractivity contribution < 1.29 is 9.53 Å². The molecule has 0 aliphatic heterocycles. The van der Waals surface area contributed by atoms with Gasteiger partial charge in [0.2, 0.25) is 0 Å². The largest absolute Gasteiger partial charge is 0.377 e. The molecule has 0 aliphatic rings. The van der Waals surface area contributed by atoms with Crippen LogP contribution in [0.15, 0.2) is 47.8 Å². The fourth-order valence-electron chi connectivity index (χ4n) is 2.55. The van der Waals surface area contributed by atoms with Gasteiger partial charge in [0, 0.05) is 18.4 Å². The van der Waals surface area contributed by atoms with Crippen LogP contribution in [0.5, 0.6) is 0 Å². The summed E-state index contributed by atoms with van der Waals surface area (Å²) in [5.74, 6) is 0.888. The first-order valence-corrected chi connectivity index (χ1v) is 9.02. The standard InChI is InChI=1S/C18H16N6O2S/c1-26-10-16-20-17(24-23-16)11-4-2-5-12(8-11)19-18(25)14-9-13(21-22-14)15-6-3-7-27-15/h2-9H,10H2,1H3,(H,19,25)(H,21,22)(H,20,23,24). The Labute approximate surface area is 158 Å². The van der Waals surface area contributed by atoms with Crippen molar-refractivity contribution in [1.82, 2.24) is 25.4 Å². The lowest BCUT2D eigenvalue weighted by Crippen LogP contribution is -2.12. The molecular weight excluding hydrogens is 364 g/mol. The quantitative estimate of drug-likeness (QED) is 0.475. The van der Waals surface area contributed by atoms with Crippen molar-refractivity contribution in [2.24, 2.45) is 0 Å². The highest BCUT2D eigenvalue weighted by Gasteiger charge is 2.13. The summed E-state index contributed by atoms with van der Waals surface area (Å²) in [5.41, 5.74) is 2.56. The number of hydrogen-bond acceptors (Lipinski definition) is 6. The predicted molar refractivity (Wildman–Crippen MR) is 102 cm³/mol. The molecule has 1 aromatic carbocycles. The number of nitrogens with zero attached hydrogens (tertiary/aromatic N) is 3. The third-order valence-electron chi connectivity index (χ3n) is 3.79. The summed E-state index contributed by atoms with van der Waals surface area (Å²) in [7, 11) is 1.59. The van der Waals surface area contributed by atoms with Crippen LogP contribution >= 0.6 is 11.3 Å². The van der Waals surface area contributed by atoms with Gasteiger partial charge in [0.05, 0.1) is 10.6 Å². The Morgan fingerprint density at radius 1 is 1.19 bits per heavy atom. The molecule has 0 radical (unpaired) electrons. The van der Waals surface area contributed by atoms with Gasteiger partial charge in [-0.2, -0.15) is 10.2 Å². The Hall–Kier alpha value is -3.30. The van der Waals surface area contributed by atoms with E-state index in [1.165, 1.54) is 0 Å². The van der Waals surface area contributed by atoms with Gasteiger partial charge in [-0.3, -0.25) is 15.0 Å². The molecular formula is C18H16N6O2S. The molecule has 0 saturated heterocycles. The fourth-order valence-corrected chi connectivity index (χ4v) is 3.25. The van der Waals surface area contributed by atoms with Gasteiger partial charge in [-0.15, -0.1) is 11.3 Å². The second-order valence-electron chi connectivity index (χ2n) is 5.72. The van der Waals surface area contributed by atoms with Gasteiger partial charge in [-0.25, -0.2) is 4.98 Å². The number of anilines is 1. The number of ether oxygens (including phenoxy) is 1. The highest BCUT2D eigenvalue weighted by molar-refractivity contribution is 7.13. The van der Waals surface area contributed by atoms with Crippen LogP contribution in [0, 0.1) is 0 Å². The van der Waals surface area contributed by atoms with Crippen LogP contribution in [-0.2, 0) is 11.3 Å². The number of nitrogens with one attached hydrogen (secondary N) is 3. The summed E-state index contributed by atoms with van der Waals surface area (Å²) >= 11 is 1.58. The molecule has 9 heteroatoms. The van der Waals surface area contributed by atoms with Crippen molar-refractivity contribution in [3.8, 4) is 22.0 Å². The zero-order chi connectivity index (χ0) is 18.6. The molecule has 0 atom stereocenters. The van der Waals surface area contributed by atoms with Gasteiger partial charge in [0.15, 0.2) is 17.3 Å². The van der Waals surface area contributed by atoms with Gasteiger partial charge in [0.1, 0.15) is 6.61 Å². The first-order valence-electron chi connectivity index (χ1n) is 8.14. The van der Waals surface area contributed by atoms with Crippen LogP contribution in [-0.4, -0.2) is 38.4 Å². The average Bonchev–Trinajstić information content (AvgIpc) is 3.43. The van der Waals surface area contributed by atoms with Crippen molar-refractivity contribution >= 4 is 22.9 Å². The SMILES string of the molecule is COCc1nc(-c2cccc(NC(=O)c3cc(-c4cccs4)[nH]n3)c2)n[nH]1. The zero-order valence-corrected chi connectivity index (χ0v) is 15.2. The van der Waals surface area contributed by atoms with E-state index in [1.807, 2.05) is 35.7 Å². The Morgan fingerprint density at radius 3 is 2.93 bits per heavy atom. The summed E-state index contributed by atoms with van der Waals surface area (Å²) in [6.45, 7) is 0.356. The third-order valence-corrected chi connectivity index (χ3v) is 4.69. The number of methoxy groups -OCH3 is 1. The minimum absolute atomic E-state index is 0.290. The topological polar surface area (TPSA) is 109 Å². The summed E-state index contributed by atoms with van der Waals surface area (Å²) in [5, 5.41) is 18.8. The molecule has 27 heavy (non-hydrogen) atoms. The number of carbonyl (C=O) groups is 1. The molecule has 0 aliphatic carbocycles. The lowest BCUT2D eigenvalue weighted by atomic mass is 10.2. The first-order chi connectivity index (χ1) is 13.2. The molecule has 0 unspecified atom stereocenters. The molecule has 0 bridgehead atoms. The third kappa shape index (κ3) is 3.78. The lowest BCUT2D eigenvalue weighted by molar-refractivity contribution is 0.102. The molecule has 4 aromatic rings. The van der Waals surface area contributed by atoms with Crippen LogP contribution in [0.25, 0.3) is 22.0 Å². The number of aromatic nitrogens is 5. The lowest BCUT2D eigenvalue weighted by Gasteiger charge is -2.04. The second kappa shape index (κ2) is 7.52. The van der Waals surface area contributed by atoms with E-state index in [0.717, 1.165) is 16.1 Å². The summed E-state index contributed by atoms with van der Waals surface area (Å²) in [4.78, 5) is 17.9. The minimum atomic E-state index is -0.290. The van der Waals surface area contributed by atoms with Crippen molar-refractivity contribution in [3.05, 3.63) is 59.4 Å². The number of amides is 1. The maximum Gasteiger partial charge on any atom is 0.276 e. The van der Waals surface area contributed by atoms with E-state index < -0.39 is 0 Å².